The van der Waals surface area contributed by atoms with Crippen LogP contribution in [0.1, 0.15) is 32.0 Å². The van der Waals surface area contributed by atoms with Crippen LogP contribution in [0.4, 0.5) is 0 Å². The zero-order valence-electron chi connectivity index (χ0n) is 12.0. The van der Waals surface area contributed by atoms with Crippen LogP contribution in [0.3, 0.4) is 0 Å². The van der Waals surface area contributed by atoms with Crippen LogP contribution in [0.5, 0.6) is 5.75 Å². The van der Waals surface area contributed by atoms with Crippen molar-refractivity contribution in [1.82, 2.24) is 9.55 Å². The van der Waals surface area contributed by atoms with Gasteiger partial charge < -0.3 is 15.0 Å². The molecule has 0 radical (unpaired) electrons. The zero-order chi connectivity index (χ0) is 14.7. The second kappa shape index (κ2) is 6.41. The number of imidazole rings is 1. The van der Waals surface area contributed by atoms with Crippen molar-refractivity contribution in [2.45, 2.75) is 26.3 Å². The summed E-state index contributed by atoms with van der Waals surface area (Å²) >= 11 is 3.50. The first-order chi connectivity index (χ1) is 9.51. The van der Waals surface area contributed by atoms with Gasteiger partial charge in [0, 0.05) is 16.6 Å². The molecule has 0 amide bonds. The SMILES string of the molecule is COc1cc(Br)cc(-n2cncc2C(N)CC(C)C)c1. The highest BCUT2D eigenvalue weighted by molar-refractivity contribution is 9.10. The Hall–Kier alpha value is -1.33. The summed E-state index contributed by atoms with van der Waals surface area (Å²) in [4.78, 5) is 4.24. The van der Waals surface area contributed by atoms with Crippen LogP contribution in [0.2, 0.25) is 0 Å². The molecule has 0 fully saturated rings. The maximum atomic E-state index is 6.28. The number of nitrogens with two attached hydrogens (primary N) is 1. The molecule has 1 unspecified atom stereocenters. The van der Waals surface area contributed by atoms with Crippen molar-refractivity contribution in [2.75, 3.05) is 7.11 Å². The number of ether oxygens (including phenoxy) is 1. The Bertz CT molecular complexity index is 580. The van der Waals surface area contributed by atoms with Crippen LogP contribution in [0.25, 0.3) is 5.69 Å². The van der Waals surface area contributed by atoms with Gasteiger partial charge in [0.2, 0.25) is 0 Å². The predicted molar refractivity (Wildman–Crippen MR) is 84.2 cm³/mol. The average molecular weight is 338 g/mol. The zero-order valence-corrected chi connectivity index (χ0v) is 13.6. The van der Waals surface area contributed by atoms with Gasteiger partial charge in [0.25, 0.3) is 0 Å². The lowest BCUT2D eigenvalue weighted by atomic mass is 10.0. The molecular formula is C15H20BrN3O. The van der Waals surface area contributed by atoms with Gasteiger partial charge in [0.15, 0.2) is 0 Å². The maximum Gasteiger partial charge on any atom is 0.122 e. The third-order valence-corrected chi connectivity index (χ3v) is 3.60. The lowest BCUT2D eigenvalue weighted by molar-refractivity contribution is 0.414. The van der Waals surface area contributed by atoms with Gasteiger partial charge in [0.1, 0.15) is 5.75 Å². The Labute approximate surface area is 128 Å². The number of hydrogen-bond donors (Lipinski definition) is 1. The quantitative estimate of drug-likeness (QED) is 0.905. The molecule has 0 spiro atoms. The van der Waals surface area contributed by atoms with E-state index in [1.807, 2.05) is 29.0 Å². The summed E-state index contributed by atoms with van der Waals surface area (Å²) in [6, 6.07) is 5.89. The van der Waals surface area contributed by atoms with Crippen LogP contribution in [0.15, 0.2) is 35.2 Å². The molecule has 2 aromatic rings. The standard InChI is InChI=1S/C15H20BrN3O/c1-10(2)4-14(17)15-8-18-9-19(15)12-5-11(16)6-13(7-12)20-3/h5-10,14H,4,17H2,1-3H3. The van der Waals surface area contributed by atoms with Crippen molar-refractivity contribution in [1.29, 1.82) is 0 Å². The Kier molecular flexibility index (Phi) is 4.83. The normalized spacial score (nSPS) is 12.7. The van der Waals surface area contributed by atoms with Crippen LogP contribution >= 0.6 is 15.9 Å². The Morgan fingerprint density at radius 1 is 1.35 bits per heavy atom. The van der Waals surface area contributed by atoms with E-state index < -0.39 is 0 Å². The van der Waals surface area contributed by atoms with Gasteiger partial charge in [-0.2, -0.15) is 0 Å². The maximum absolute atomic E-state index is 6.28. The molecule has 0 aliphatic carbocycles. The van der Waals surface area contributed by atoms with Gasteiger partial charge >= 0.3 is 0 Å². The Balaban J connectivity index is 2.39. The molecule has 4 nitrogen and oxygen atoms in total. The number of hydrogen-bond acceptors (Lipinski definition) is 3. The second-order valence-electron chi connectivity index (χ2n) is 5.27. The van der Waals surface area contributed by atoms with Crippen molar-refractivity contribution in [2.24, 2.45) is 11.7 Å². The summed E-state index contributed by atoms with van der Waals surface area (Å²) in [5.74, 6) is 1.34. The van der Waals surface area contributed by atoms with E-state index >= 15 is 0 Å². The monoisotopic (exact) mass is 337 g/mol. The minimum atomic E-state index is -0.0255. The summed E-state index contributed by atoms with van der Waals surface area (Å²) in [7, 11) is 1.66. The van der Waals surface area contributed by atoms with Gasteiger partial charge in [-0.25, -0.2) is 4.98 Å². The van der Waals surface area contributed by atoms with Crippen LogP contribution < -0.4 is 10.5 Å². The highest BCUT2D eigenvalue weighted by Crippen LogP contribution is 2.27. The van der Waals surface area contributed by atoms with Crippen molar-refractivity contribution in [3.8, 4) is 11.4 Å². The molecule has 5 heteroatoms. The van der Waals surface area contributed by atoms with Gasteiger partial charge in [-0.1, -0.05) is 29.8 Å². The lowest BCUT2D eigenvalue weighted by Crippen LogP contribution is -2.16. The van der Waals surface area contributed by atoms with Crippen LogP contribution in [0, 0.1) is 5.92 Å². The van der Waals surface area contributed by atoms with Crippen molar-refractivity contribution >= 4 is 15.9 Å². The lowest BCUT2D eigenvalue weighted by Gasteiger charge is -2.17. The van der Waals surface area contributed by atoms with E-state index in [2.05, 4.69) is 34.8 Å². The number of nitrogens with zero attached hydrogens (tertiary/aromatic N) is 2. The van der Waals surface area contributed by atoms with Gasteiger partial charge in [-0.3, -0.25) is 0 Å². The fourth-order valence-corrected chi connectivity index (χ4v) is 2.69. The molecule has 20 heavy (non-hydrogen) atoms. The van der Waals surface area contributed by atoms with E-state index in [0.29, 0.717) is 5.92 Å². The minimum Gasteiger partial charge on any atom is -0.497 e. The average Bonchev–Trinajstić information content (AvgIpc) is 2.86. The summed E-state index contributed by atoms with van der Waals surface area (Å²) in [5, 5.41) is 0. The topological polar surface area (TPSA) is 53.1 Å². The molecular weight excluding hydrogens is 318 g/mol. The molecule has 0 aliphatic rings. The van der Waals surface area contributed by atoms with E-state index in [1.165, 1.54) is 0 Å². The third kappa shape index (κ3) is 3.41. The van der Waals surface area contributed by atoms with E-state index in [4.69, 9.17) is 10.5 Å². The molecule has 0 bridgehead atoms. The molecule has 1 heterocycles. The Morgan fingerprint density at radius 3 is 2.75 bits per heavy atom. The highest BCUT2D eigenvalue weighted by Gasteiger charge is 2.15. The van der Waals surface area contributed by atoms with Crippen LogP contribution in [-0.4, -0.2) is 16.7 Å². The fourth-order valence-electron chi connectivity index (χ4n) is 2.23. The molecule has 2 rings (SSSR count). The van der Waals surface area contributed by atoms with Gasteiger partial charge in [-0.15, -0.1) is 0 Å². The summed E-state index contributed by atoms with van der Waals surface area (Å²) in [6.07, 6.45) is 4.55. The molecule has 0 saturated carbocycles. The molecule has 1 atom stereocenters. The molecule has 1 aromatic heterocycles. The molecule has 108 valence electrons. The predicted octanol–water partition coefficient (Wildman–Crippen LogP) is 3.69. The first kappa shape index (κ1) is 15.1. The highest BCUT2D eigenvalue weighted by atomic mass is 79.9. The van der Waals surface area contributed by atoms with E-state index in [-0.39, 0.29) is 6.04 Å². The summed E-state index contributed by atoms with van der Waals surface area (Å²) < 4.78 is 8.28. The number of methoxy groups -OCH3 is 1. The number of benzene rings is 1. The molecule has 0 saturated heterocycles. The molecule has 0 aliphatic heterocycles. The van der Waals surface area contributed by atoms with Crippen molar-refractivity contribution < 1.29 is 4.74 Å². The molecule has 1 aromatic carbocycles. The first-order valence-corrected chi connectivity index (χ1v) is 7.43. The largest absolute Gasteiger partial charge is 0.497 e. The van der Waals surface area contributed by atoms with Crippen molar-refractivity contribution in [3.63, 3.8) is 0 Å². The Morgan fingerprint density at radius 2 is 2.10 bits per heavy atom. The van der Waals surface area contributed by atoms with E-state index in [0.717, 1.165) is 28.0 Å². The number of halogens is 1. The molecule has 2 N–H and O–H groups in total. The van der Waals surface area contributed by atoms with Gasteiger partial charge in [0.05, 0.1) is 31.0 Å². The van der Waals surface area contributed by atoms with Crippen LogP contribution in [-0.2, 0) is 0 Å². The fraction of sp³-hybridized carbons (Fsp3) is 0.400. The summed E-state index contributed by atoms with van der Waals surface area (Å²) in [6.45, 7) is 4.34. The number of aromatic nitrogens is 2. The third-order valence-electron chi connectivity index (χ3n) is 3.14. The minimum absolute atomic E-state index is 0.0255. The first-order valence-electron chi connectivity index (χ1n) is 6.64. The number of rotatable bonds is 5. The van der Waals surface area contributed by atoms with E-state index in [9.17, 15) is 0 Å². The smallest absolute Gasteiger partial charge is 0.122 e. The van der Waals surface area contributed by atoms with Crippen molar-refractivity contribution in [3.05, 3.63) is 40.9 Å². The van der Waals surface area contributed by atoms with E-state index in [1.54, 1.807) is 13.4 Å². The van der Waals surface area contributed by atoms with Gasteiger partial charge in [-0.05, 0) is 24.5 Å². The summed E-state index contributed by atoms with van der Waals surface area (Å²) in [5.41, 5.74) is 8.28. The second-order valence-corrected chi connectivity index (χ2v) is 6.19.